The highest BCUT2D eigenvalue weighted by Gasteiger charge is 2.41. The molecule has 1 saturated heterocycles. The van der Waals surface area contributed by atoms with Gasteiger partial charge in [0.1, 0.15) is 12.6 Å². The number of benzene rings is 2. The van der Waals surface area contributed by atoms with Crippen LogP contribution in [0.25, 0.3) is 0 Å². The number of hydrogen-bond donors (Lipinski definition) is 3. The molecule has 0 aromatic heterocycles. The largest absolute Gasteiger partial charge is 0.478 e. The number of nitrogens with zero attached hydrogens (tertiary/aromatic N) is 1. The molecule has 0 radical (unpaired) electrons. The number of imide groups is 1. The Balaban J connectivity index is 1.54. The molecule has 1 heterocycles. The van der Waals surface area contributed by atoms with E-state index in [0.717, 1.165) is 4.90 Å². The van der Waals surface area contributed by atoms with Gasteiger partial charge in [-0.15, -0.1) is 0 Å². The first-order valence-electron chi connectivity index (χ1n) is 10.1. The summed E-state index contributed by atoms with van der Waals surface area (Å²) in [5, 5.41) is 9.09. The predicted molar refractivity (Wildman–Crippen MR) is 112 cm³/mol. The molecule has 0 saturated carbocycles. The average molecular weight is 497 g/mol. The fourth-order valence-corrected chi connectivity index (χ4v) is 3.14. The normalized spacial score (nSPS) is 16.1. The Labute approximate surface area is 195 Å². The SMILES string of the molecule is O=C(O)c1cccc(N2C(=O)C[C@H](NNC(=O)c3ccc(COCC(F)(F)C(F)F)cc3)C2=O)c1. The van der Waals surface area contributed by atoms with Crippen LogP contribution >= 0.6 is 0 Å². The summed E-state index contributed by atoms with van der Waals surface area (Å²) >= 11 is 0. The number of ether oxygens (including phenoxy) is 1. The van der Waals surface area contributed by atoms with Gasteiger partial charge in [0.2, 0.25) is 5.91 Å². The minimum absolute atomic E-state index is 0.0830. The molecule has 13 heteroatoms. The first-order chi connectivity index (χ1) is 16.5. The Kier molecular flexibility index (Phi) is 7.82. The molecule has 35 heavy (non-hydrogen) atoms. The van der Waals surface area contributed by atoms with Gasteiger partial charge in [0.25, 0.3) is 11.8 Å². The van der Waals surface area contributed by atoms with Crippen LogP contribution in [-0.4, -0.2) is 53.8 Å². The lowest BCUT2D eigenvalue weighted by Gasteiger charge is -2.16. The van der Waals surface area contributed by atoms with Crippen LogP contribution in [0.2, 0.25) is 0 Å². The van der Waals surface area contributed by atoms with Crippen LogP contribution in [-0.2, 0) is 20.9 Å². The molecule has 0 unspecified atom stereocenters. The van der Waals surface area contributed by atoms with E-state index in [1.165, 1.54) is 48.5 Å². The average Bonchev–Trinajstić information content (AvgIpc) is 3.10. The number of carbonyl (C=O) groups excluding carboxylic acids is 3. The van der Waals surface area contributed by atoms with E-state index < -0.39 is 48.7 Å². The molecule has 1 atom stereocenters. The van der Waals surface area contributed by atoms with Crippen molar-refractivity contribution in [2.75, 3.05) is 11.5 Å². The molecule has 3 rings (SSSR count). The molecule has 1 aliphatic heterocycles. The Morgan fingerprint density at radius 2 is 1.80 bits per heavy atom. The molecule has 0 aliphatic carbocycles. The predicted octanol–water partition coefficient (Wildman–Crippen LogP) is 2.37. The fourth-order valence-electron chi connectivity index (χ4n) is 3.14. The van der Waals surface area contributed by atoms with Crippen LogP contribution in [0.15, 0.2) is 48.5 Å². The highest BCUT2D eigenvalue weighted by atomic mass is 19.3. The molecule has 3 N–H and O–H groups in total. The number of alkyl halides is 4. The lowest BCUT2D eigenvalue weighted by atomic mass is 10.1. The summed E-state index contributed by atoms with van der Waals surface area (Å²) in [5.74, 6) is -7.44. The van der Waals surface area contributed by atoms with E-state index >= 15 is 0 Å². The molecule has 1 aliphatic rings. The standard InChI is InChI=1S/C22H19F4N3O6/c23-21(24)22(25,26)11-35-10-12-4-6-13(7-5-12)18(31)28-27-16-9-17(30)29(19(16)32)15-3-1-2-14(8-15)20(33)34/h1-8,16,21,27H,9-11H2,(H,28,31)(H,33,34)/t16-/m0/s1. The first-order valence-corrected chi connectivity index (χ1v) is 10.1. The topological polar surface area (TPSA) is 125 Å². The molecule has 9 nitrogen and oxygen atoms in total. The van der Waals surface area contributed by atoms with E-state index in [2.05, 4.69) is 15.6 Å². The fraction of sp³-hybridized carbons (Fsp3) is 0.273. The second-order valence-corrected chi connectivity index (χ2v) is 7.53. The van der Waals surface area contributed by atoms with Crippen LogP contribution in [0.3, 0.4) is 0 Å². The van der Waals surface area contributed by atoms with Crippen molar-refractivity contribution in [3.05, 3.63) is 65.2 Å². The number of anilines is 1. The summed E-state index contributed by atoms with van der Waals surface area (Å²) in [6.07, 6.45) is -4.12. The van der Waals surface area contributed by atoms with Crippen molar-refractivity contribution in [1.29, 1.82) is 0 Å². The second-order valence-electron chi connectivity index (χ2n) is 7.53. The zero-order chi connectivity index (χ0) is 25.8. The highest BCUT2D eigenvalue weighted by Crippen LogP contribution is 2.24. The van der Waals surface area contributed by atoms with Gasteiger partial charge < -0.3 is 9.84 Å². The van der Waals surface area contributed by atoms with E-state index in [1.807, 2.05) is 0 Å². The summed E-state index contributed by atoms with van der Waals surface area (Å²) in [7, 11) is 0. The van der Waals surface area contributed by atoms with Crippen molar-refractivity contribution < 1.29 is 46.6 Å². The van der Waals surface area contributed by atoms with Gasteiger partial charge in [0.05, 0.1) is 24.3 Å². The number of carboxylic acid groups (broad SMARTS) is 1. The van der Waals surface area contributed by atoms with Crippen LogP contribution in [0.1, 0.15) is 32.7 Å². The molecular formula is C22H19F4N3O6. The van der Waals surface area contributed by atoms with E-state index in [1.54, 1.807) is 0 Å². The van der Waals surface area contributed by atoms with Crippen molar-refractivity contribution in [2.45, 2.75) is 31.4 Å². The number of nitrogens with one attached hydrogen (secondary N) is 2. The maximum absolute atomic E-state index is 12.8. The minimum atomic E-state index is -4.26. The molecule has 0 bridgehead atoms. The highest BCUT2D eigenvalue weighted by molar-refractivity contribution is 6.22. The van der Waals surface area contributed by atoms with Crippen LogP contribution in [0, 0.1) is 0 Å². The van der Waals surface area contributed by atoms with Crippen LogP contribution in [0.4, 0.5) is 23.2 Å². The Morgan fingerprint density at radius 3 is 2.43 bits per heavy atom. The van der Waals surface area contributed by atoms with Crippen LogP contribution in [0.5, 0.6) is 0 Å². The van der Waals surface area contributed by atoms with E-state index in [9.17, 15) is 36.7 Å². The number of hydrogen-bond acceptors (Lipinski definition) is 6. The van der Waals surface area contributed by atoms with Crippen LogP contribution < -0.4 is 15.8 Å². The van der Waals surface area contributed by atoms with Gasteiger partial charge in [0.15, 0.2) is 0 Å². The van der Waals surface area contributed by atoms with Crippen molar-refractivity contribution in [1.82, 2.24) is 10.9 Å². The first kappa shape index (κ1) is 25.8. The van der Waals surface area contributed by atoms with Crippen molar-refractivity contribution in [3.63, 3.8) is 0 Å². The van der Waals surface area contributed by atoms with E-state index in [-0.39, 0.29) is 29.8 Å². The number of amides is 3. The second kappa shape index (κ2) is 10.6. The van der Waals surface area contributed by atoms with Gasteiger partial charge in [-0.3, -0.25) is 19.8 Å². The van der Waals surface area contributed by atoms with Gasteiger partial charge >= 0.3 is 18.3 Å². The zero-order valence-corrected chi connectivity index (χ0v) is 17.8. The lowest BCUT2D eigenvalue weighted by Crippen LogP contribution is -2.48. The Bertz CT molecular complexity index is 1130. The Hall–Kier alpha value is -3.84. The number of aromatic carboxylic acids is 1. The number of rotatable bonds is 10. The minimum Gasteiger partial charge on any atom is -0.478 e. The third-order valence-electron chi connectivity index (χ3n) is 4.96. The van der Waals surface area contributed by atoms with Gasteiger partial charge in [-0.05, 0) is 35.9 Å². The third kappa shape index (κ3) is 6.19. The molecule has 186 valence electrons. The number of carbonyl (C=O) groups is 4. The van der Waals surface area contributed by atoms with Crippen molar-refractivity contribution in [3.8, 4) is 0 Å². The zero-order valence-electron chi connectivity index (χ0n) is 17.8. The summed E-state index contributed by atoms with van der Waals surface area (Å²) < 4.78 is 54.5. The molecule has 2 aromatic carbocycles. The molecule has 2 aromatic rings. The summed E-state index contributed by atoms with van der Waals surface area (Å²) in [6.45, 7) is -1.83. The third-order valence-corrected chi connectivity index (χ3v) is 4.96. The van der Waals surface area contributed by atoms with Gasteiger partial charge in [-0.25, -0.2) is 23.9 Å². The number of halogens is 4. The molecule has 1 fully saturated rings. The monoisotopic (exact) mass is 497 g/mol. The summed E-state index contributed by atoms with van der Waals surface area (Å²) in [5.41, 5.74) is 5.20. The Morgan fingerprint density at radius 1 is 1.11 bits per heavy atom. The number of carboxylic acids is 1. The quantitative estimate of drug-likeness (QED) is 0.262. The molecule has 3 amide bonds. The maximum atomic E-state index is 12.8. The lowest BCUT2D eigenvalue weighted by molar-refractivity contribution is -0.168. The maximum Gasteiger partial charge on any atom is 0.335 e. The van der Waals surface area contributed by atoms with E-state index in [0.29, 0.717) is 5.56 Å². The van der Waals surface area contributed by atoms with E-state index in [4.69, 9.17) is 5.11 Å². The summed E-state index contributed by atoms with van der Waals surface area (Å²) in [6, 6.07) is 9.59. The van der Waals surface area contributed by atoms with Gasteiger partial charge in [0, 0.05) is 5.56 Å². The molecular weight excluding hydrogens is 478 g/mol. The van der Waals surface area contributed by atoms with Gasteiger partial charge in [-0.2, -0.15) is 8.78 Å². The van der Waals surface area contributed by atoms with Crippen molar-refractivity contribution >= 4 is 29.4 Å². The van der Waals surface area contributed by atoms with Gasteiger partial charge in [-0.1, -0.05) is 18.2 Å². The number of hydrazine groups is 1. The molecule has 0 spiro atoms. The smallest absolute Gasteiger partial charge is 0.335 e. The van der Waals surface area contributed by atoms with Crippen molar-refractivity contribution in [2.24, 2.45) is 0 Å². The summed E-state index contributed by atoms with van der Waals surface area (Å²) in [4.78, 5) is 49.2.